The Hall–Kier alpha value is -2.41. The number of aryl methyl sites for hydroxylation is 3. The summed E-state index contributed by atoms with van der Waals surface area (Å²) in [5, 5.41) is 7.90. The first-order valence-electron chi connectivity index (χ1n) is 8.26. The maximum absolute atomic E-state index is 12.0. The lowest BCUT2D eigenvalue weighted by Gasteiger charge is -2.04. The average molecular weight is 355 g/mol. The van der Waals surface area contributed by atoms with Gasteiger partial charge in [0.15, 0.2) is 0 Å². The zero-order valence-corrected chi connectivity index (χ0v) is 15.2. The normalized spacial score (nSPS) is 11.0. The molecule has 2 heterocycles. The van der Waals surface area contributed by atoms with Crippen LogP contribution in [0.2, 0.25) is 0 Å². The molecule has 7 heteroatoms. The molecule has 0 aliphatic rings. The molecule has 1 aromatic carbocycles. The van der Waals surface area contributed by atoms with Gasteiger partial charge in [-0.05, 0) is 38.3 Å². The van der Waals surface area contributed by atoms with Crippen LogP contribution in [0.4, 0.5) is 0 Å². The fourth-order valence-electron chi connectivity index (χ4n) is 2.56. The van der Waals surface area contributed by atoms with Crippen molar-refractivity contribution in [2.75, 3.05) is 12.3 Å². The van der Waals surface area contributed by atoms with Crippen LogP contribution in [0, 0.1) is 13.8 Å². The Balaban J connectivity index is 1.44. The molecule has 0 spiro atoms. The number of carbonyl (C=O) groups is 1. The van der Waals surface area contributed by atoms with Gasteiger partial charge in [0.2, 0.25) is 11.1 Å². The van der Waals surface area contributed by atoms with Gasteiger partial charge in [0, 0.05) is 17.9 Å². The number of fused-ring (bicyclic) bond motifs is 1. The van der Waals surface area contributed by atoms with Crippen LogP contribution < -0.4 is 5.32 Å². The van der Waals surface area contributed by atoms with E-state index in [0.29, 0.717) is 23.2 Å². The minimum Gasteiger partial charge on any atom is -0.355 e. The maximum Gasteiger partial charge on any atom is 0.253 e. The van der Waals surface area contributed by atoms with Crippen LogP contribution in [0.1, 0.15) is 23.4 Å². The van der Waals surface area contributed by atoms with Crippen molar-refractivity contribution >= 4 is 23.4 Å². The van der Waals surface area contributed by atoms with Gasteiger partial charge in [0.05, 0.1) is 5.75 Å². The summed E-state index contributed by atoms with van der Waals surface area (Å²) < 4.78 is 1.70. The van der Waals surface area contributed by atoms with Gasteiger partial charge in [0.1, 0.15) is 0 Å². The molecule has 0 bridgehead atoms. The summed E-state index contributed by atoms with van der Waals surface area (Å²) in [7, 11) is 0. The number of hydrogen-bond donors (Lipinski definition) is 1. The van der Waals surface area contributed by atoms with Crippen molar-refractivity contribution in [3.8, 4) is 0 Å². The third kappa shape index (κ3) is 4.79. The fourth-order valence-corrected chi connectivity index (χ4v) is 3.20. The number of aromatic nitrogens is 4. The highest BCUT2D eigenvalue weighted by Crippen LogP contribution is 2.15. The molecule has 6 nitrogen and oxygen atoms in total. The van der Waals surface area contributed by atoms with Crippen molar-refractivity contribution in [2.45, 2.75) is 31.8 Å². The molecule has 0 aliphatic carbocycles. The van der Waals surface area contributed by atoms with E-state index in [1.807, 2.05) is 38.1 Å². The first-order chi connectivity index (χ1) is 12.1. The molecule has 0 saturated carbocycles. The molecule has 1 amide bonds. The Morgan fingerprint density at radius 3 is 2.80 bits per heavy atom. The lowest BCUT2D eigenvalue weighted by Crippen LogP contribution is -2.26. The van der Waals surface area contributed by atoms with Crippen LogP contribution in [0.25, 0.3) is 5.78 Å². The van der Waals surface area contributed by atoms with Crippen molar-refractivity contribution in [2.24, 2.45) is 0 Å². The largest absolute Gasteiger partial charge is 0.355 e. The lowest BCUT2D eigenvalue weighted by molar-refractivity contribution is -0.118. The summed E-state index contributed by atoms with van der Waals surface area (Å²) in [6.07, 6.45) is 1.89. The predicted octanol–water partition coefficient (Wildman–Crippen LogP) is 2.58. The highest BCUT2D eigenvalue weighted by molar-refractivity contribution is 7.99. The maximum atomic E-state index is 12.0. The molecule has 0 aliphatic heterocycles. The van der Waals surface area contributed by atoms with Gasteiger partial charge < -0.3 is 5.32 Å². The highest BCUT2D eigenvalue weighted by atomic mass is 32.2. The van der Waals surface area contributed by atoms with E-state index in [2.05, 4.69) is 32.5 Å². The smallest absolute Gasteiger partial charge is 0.253 e. The second-order valence-electron chi connectivity index (χ2n) is 5.87. The van der Waals surface area contributed by atoms with Gasteiger partial charge in [-0.2, -0.15) is 4.98 Å². The van der Waals surface area contributed by atoms with Gasteiger partial charge in [-0.3, -0.25) is 4.79 Å². The van der Waals surface area contributed by atoms with E-state index in [9.17, 15) is 4.79 Å². The van der Waals surface area contributed by atoms with E-state index in [0.717, 1.165) is 24.2 Å². The van der Waals surface area contributed by atoms with Crippen LogP contribution >= 0.6 is 11.8 Å². The molecule has 1 N–H and O–H groups in total. The molecule has 25 heavy (non-hydrogen) atoms. The Labute approximate surface area is 151 Å². The number of carbonyl (C=O) groups excluding carboxylic acids is 1. The standard InChI is InChI=1S/C18H21N5OS/c1-13-11-14(2)23-17(20-13)21-18(22-23)25-12-16(24)19-10-6-9-15-7-4-3-5-8-15/h3-5,7-8,11H,6,9-10,12H2,1-2H3,(H,19,24). The molecule has 0 fully saturated rings. The van der Waals surface area contributed by atoms with Crippen molar-refractivity contribution in [3.63, 3.8) is 0 Å². The molecule has 0 atom stereocenters. The molecular weight excluding hydrogens is 334 g/mol. The van der Waals surface area contributed by atoms with Crippen LogP contribution in [0.15, 0.2) is 41.6 Å². The lowest BCUT2D eigenvalue weighted by atomic mass is 10.1. The predicted molar refractivity (Wildman–Crippen MR) is 98.8 cm³/mol. The van der Waals surface area contributed by atoms with Crippen molar-refractivity contribution in [1.82, 2.24) is 24.9 Å². The number of amides is 1. The summed E-state index contributed by atoms with van der Waals surface area (Å²) in [6, 6.07) is 12.2. The molecule has 3 aromatic rings. The Kier molecular flexibility index (Phi) is 5.65. The molecular formula is C18H21N5OS. The number of nitrogens with one attached hydrogen (secondary N) is 1. The van der Waals surface area contributed by atoms with E-state index in [4.69, 9.17) is 0 Å². The number of rotatable bonds is 7. The number of nitrogens with zero attached hydrogens (tertiary/aromatic N) is 4. The summed E-state index contributed by atoms with van der Waals surface area (Å²) >= 11 is 1.33. The number of thioether (sulfide) groups is 1. The van der Waals surface area contributed by atoms with Crippen molar-refractivity contribution < 1.29 is 4.79 Å². The summed E-state index contributed by atoms with van der Waals surface area (Å²) in [5.41, 5.74) is 3.18. The molecule has 3 rings (SSSR count). The topological polar surface area (TPSA) is 72.2 Å². The van der Waals surface area contributed by atoms with E-state index >= 15 is 0 Å². The number of benzene rings is 1. The van der Waals surface area contributed by atoms with Crippen LogP contribution in [-0.2, 0) is 11.2 Å². The van der Waals surface area contributed by atoms with Gasteiger partial charge >= 0.3 is 0 Å². The monoisotopic (exact) mass is 355 g/mol. The van der Waals surface area contributed by atoms with Gasteiger partial charge in [-0.25, -0.2) is 9.50 Å². The van der Waals surface area contributed by atoms with Crippen molar-refractivity contribution in [3.05, 3.63) is 53.3 Å². The first-order valence-corrected chi connectivity index (χ1v) is 9.25. The molecule has 0 radical (unpaired) electrons. The number of hydrogen-bond acceptors (Lipinski definition) is 5. The molecule has 0 saturated heterocycles. The van der Waals surface area contributed by atoms with E-state index < -0.39 is 0 Å². The van der Waals surface area contributed by atoms with Crippen molar-refractivity contribution in [1.29, 1.82) is 0 Å². The average Bonchev–Trinajstić information content (AvgIpc) is 3.01. The van der Waals surface area contributed by atoms with Crippen LogP contribution in [-0.4, -0.2) is 37.8 Å². The Morgan fingerprint density at radius 2 is 2.00 bits per heavy atom. The van der Waals surface area contributed by atoms with Gasteiger partial charge in [-0.15, -0.1) is 5.10 Å². The third-order valence-corrected chi connectivity index (χ3v) is 4.58. The molecule has 130 valence electrons. The quantitative estimate of drug-likeness (QED) is 0.521. The SMILES string of the molecule is Cc1cc(C)n2nc(SCC(=O)NCCCc3ccccc3)nc2n1. The van der Waals surface area contributed by atoms with Gasteiger partial charge in [0.25, 0.3) is 5.78 Å². The van der Waals surface area contributed by atoms with Crippen LogP contribution in [0.3, 0.4) is 0 Å². The van der Waals surface area contributed by atoms with E-state index in [1.54, 1.807) is 4.52 Å². The highest BCUT2D eigenvalue weighted by Gasteiger charge is 2.10. The summed E-state index contributed by atoms with van der Waals surface area (Å²) in [6.45, 7) is 4.56. The second-order valence-corrected chi connectivity index (χ2v) is 6.82. The zero-order valence-electron chi connectivity index (χ0n) is 14.4. The zero-order chi connectivity index (χ0) is 17.6. The van der Waals surface area contributed by atoms with E-state index in [-0.39, 0.29) is 5.91 Å². The minimum absolute atomic E-state index is 0.00206. The molecule has 0 unspecified atom stereocenters. The second kappa shape index (κ2) is 8.11. The molecule has 2 aromatic heterocycles. The third-order valence-electron chi connectivity index (χ3n) is 3.74. The first kappa shape index (κ1) is 17.4. The van der Waals surface area contributed by atoms with E-state index in [1.165, 1.54) is 17.3 Å². The minimum atomic E-state index is -0.00206. The van der Waals surface area contributed by atoms with Gasteiger partial charge in [-0.1, -0.05) is 42.1 Å². The Bertz CT molecular complexity index is 863. The summed E-state index contributed by atoms with van der Waals surface area (Å²) in [5.74, 6) is 0.876. The summed E-state index contributed by atoms with van der Waals surface area (Å²) in [4.78, 5) is 20.7. The fraction of sp³-hybridized carbons (Fsp3) is 0.333. The van der Waals surface area contributed by atoms with Crippen LogP contribution in [0.5, 0.6) is 0 Å². The Morgan fingerprint density at radius 1 is 1.20 bits per heavy atom.